The first-order valence-electron chi connectivity index (χ1n) is 6.50. The Labute approximate surface area is 120 Å². The van der Waals surface area contributed by atoms with Gasteiger partial charge in [0.2, 0.25) is 0 Å². The number of anilines is 1. The first-order chi connectivity index (χ1) is 10.1. The summed E-state index contributed by atoms with van der Waals surface area (Å²) in [5.41, 5.74) is 1.25. The van der Waals surface area contributed by atoms with Crippen molar-refractivity contribution in [3.05, 3.63) is 53.6 Å². The van der Waals surface area contributed by atoms with Crippen LogP contribution >= 0.6 is 0 Å². The van der Waals surface area contributed by atoms with Crippen LogP contribution in [0.3, 0.4) is 0 Å². The van der Waals surface area contributed by atoms with Gasteiger partial charge in [-0.05, 0) is 30.7 Å². The summed E-state index contributed by atoms with van der Waals surface area (Å²) in [5.74, 6) is -0.406. The van der Waals surface area contributed by atoms with Crippen molar-refractivity contribution < 1.29 is 8.78 Å². The second-order valence-electron chi connectivity index (χ2n) is 4.74. The van der Waals surface area contributed by atoms with E-state index >= 15 is 0 Å². The number of aryl methyl sites for hydroxylation is 1. The van der Waals surface area contributed by atoms with Gasteiger partial charge in [0, 0.05) is 18.5 Å². The van der Waals surface area contributed by atoms with E-state index in [9.17, 15) is 8.78 Å². The van der Waals surface area contributed by atoms with Crippen molar-refractivity contribution in [2.75, 3.05) is 12.4 Å². The van der Waals surface area contributed by atoms with Crippen LogP contribution in [0.5, 0.6) is 0 Å². The average Bonchev–Trinajstić information content (AvgIpc) is 2.49. The van der Waals surface area contributed by atoms with Crippen LogP contribution in [0.4, 0.5) is 14.6 Å². The highest BCUT2D eigenvalue weighted by Crippen LogP contribution is 2.27. The third-order valence-corrected chi connectivity index (χ3v) is 3.33. The predicted molar refractivity (Wildman–Crippen MR) is 79.2 cm³/mol. The minimum absolute atomic E-state index is 0.191. The first kappa shape index (κ1) is 13.4. The van der Waals surface area contributed by atoms with Crippen molar-refractivity contribution in [3.63, 3.8) is 0 Å². The van der Waals surface area contributed by atoms with E-state index in [0.717, 1.165) is 11.5 Å². The Morgan fingerprint density at radius 3 is 2.52 bits per heavy atom. The Hall–Kier alpha value is -2.56. The van der Waals surface area contributed by atoms with Gasteiger partial charge in [0.15, 0.2) is 5.82 Å². The molecule has 0 saturated heterocycles. The predicted octanol–water partition coefficient (Wildman–Crippen LogP) is 3.93. The van der Waals surface area contributed by atoms with Crippen molar-refractivity contribution in [1.29, 1.82) is 0 Å². The van der Waals surface area contributed by atoms with Crippen molar-refractivity contribution in [1.82, 2.24) is 9.97 Å². The lowest BCUT2D eigenvalue weighted by atomic mass is 10.1. The molecule has 3 nitrogen and oxygen atoms in total. The number of rotatable bonds is 2. The molecule has 1 N–H and O–H groups in total. The van der Waals surface area contributed by atoms with E-state index in [1.54, 1.807) is 14.0 Å². The fraction of sp³-hybridized carbons (Fsp3) is 0.125. The number of aromatic nitrogens is 2. The molecule has 3 aromatic rings. The summed E-state index contributed by atoms with van der Waals surface area (Å²) in [4.78, 5) is 8.71. The van der Waals surface area contributed by atoms with E-state index in [4.69, 9.17) is 0 Å². The zero-order valence-electron chi connectivity index (χ0n) is 11.6. The van der Waals surface area contributed by atoms with Gasteiger partial charge in [-0.25, -0.2) is 18.7 Å². The van der Waals surface area contributed by atoms with E-state index in [0.29, 0.717) is 16.9 Å². The molecule has 0 aliphatic carbocycles. The van der Waals surface area contributed by atoms with E-state index in [1.807, 2.05) is 24.3 Å². The fourth-order valence-corrected chi connectivity index (χ4v) is 2.22. The van der Waals surface area contributed by atoms with Gasteiger partial charge >= 0.3 is 0 Å². The van der Waals surface area contributed by atoms with Crippen LogP contribution in [0.1, 0.15) is 5.56 Å². The summed E-state index contributed by atoms with van der Waals surface area (Å²) in [6.07, 6.45) is 0. The summed E-state index contributed by atoms with van der Waals surface area (Å²) in [5, 5.41) is 3.83. The zero-order valence-corrected chi connectivity index (χ0v) is 11.6. The number of hydrogen-bond donors (Lipinski definition) is 1. The topological polar surface area (TPSA) is 37.8 Å². The first-order valence-corrected chi connectivity index (χ1v) is 6.50. The van der Waals surface area contributed by atoms with Gasteiger partial charge in [-0.15, -0.1) is 0 Å². The molecule has 0 aliphatic heterocycles. The number of nitrogens with zero attached hydrogens (tertiary/aromatic N) is 2. The van der Waals surface area contributed by atoms with Gasteiger partial charge < -0.3 is 5.32 Å². The molecule has 1 aromatic heterocycles. The molecule has 0 bridgehead atoms. The molecule has 0 amide bonds. The zero-order chi connectivity index (χ0) is 15.0. The summed E-state index contributed by atoms with van der Waals surface area (Å²) in [6, 6.07) is 9.74. The Morgan fingerprint density at radius 2 is 1.76 bits per heavy atom. The average molecular weight is 285 g/mol. The Bertz CT molecular complexity index is 831. The molecule has 0 unspecified atom stereocenters. The number of halogens is 2. The highest BCUT2D eigenvalue weighted by Gasteiger charge is 2.14. The third kappa shape index (κ3) is 2.31. The lowest BCUT2D eigenvalue weighted by Gasteiger charge is -2.09. The monoisotopic (exact) mass is 285 g/mol. The molecular weight excluding hydrogens is 272 g/mol. The summed E-state index contributed by atoms with van der Waals surface area (Å²) >= 11 is 0. The molecular formula is C16H13F2N3. The summed E-state index contributed by atoms with van der Waals surface area (Å²) < 4.78 is 27.4. The van der Waals surface area contributed by atoms with E-state index in [1.165, 1.54) is 6.07 Å². The van der Waals surface area contributed by atoms with Gasteiger partial charge in [0.1, 0.15) is 17.5 Å². The fourth-order valence-electron chi connectivity index (χ4n) is 2.22. The van der Waals surface area contributed by atoms with Crippen LogP contribution in [0, 0.1) is 18.6 Å². The number of hydrogen-bond acceptors (Lipinski definition) is 3. The highest BCUT2D eigenvalue weighted by atomic mass is 19.1. The van der Waals surface area contributed by atoms with Gasteiger partial charge in [0.05, 0.1) is 11.1 Å². The normalized spacial score (nSPS) is 10.9. The molecule has 106 valence electrons. The molecule has 0 aliphatic rings. The van der Waals surface area contributed by atoms with Gasteiger partial charge in [-0.1, -0.05) is 12.1 Å². The maximum atomic E-state index is 14.0. The maximum Gasteiger partial charge on any atom is 0.165 e. The number of fused-ring (bicyclic) bond motifs is 1. The maximum absolute atomic E-state index is 14.0. The molecule has 1 heterocycles. The van der Waals surface area contributed by atoms with Gasteiger partial charge in [0.25, 0.3) is 0 Å². The molecule has 0 saturated carbocycles. The largest absolute Gasteiger partial charge is 0.373 e. The van der Waals surface area contributed by atoms with Crippen LogP contribution in [-0.4, -0.2) is 17.0 Å². The molecule has 2 aromatic carbocycles. The third-order valence-electron chi connectivity index (χ3n) is 3.33. The minimum atomic E-state index is -0.671. The van der Waals surface area contributed by atoms with Gasteiger partial charge in [-0.2, -0.15) is 0 Å². The quantitative estimate of drug-likeness (QED) is 0.775. The highest BCUT2D eigenvalue weighted by molar-refractivity contribution is 5.90. The van der Waals surface area contributed by atoms with Crippen LogP contribution in [0.15, 0.2) is 36.4 Å². The van der Waals surface area contributed by atoms with Crippen LogP contribution in [-0.2, 0) is 0 Å². The van der Waals surface area contributed by atoms with E-state index in [2.05, 4.69) is 15.3 Å². The molecule has 0 radical (unpaired) electrons. The Kier molecular flexibility index (Phi) is 3.25. The molecule has 21 heavy (non-hydrogen) atoms. The van der Waals surface area contributed by atoms with Crippen molar-refractivity contribution in [2.45, 2.75) is 6.92 Å². The lowest BCUT2D eigenvalue weighted by Crippen LogP contribution is -2.00. The van der Waals surface area contributed by atoms with Crippen molar-refractivity contribution in [3.8, 4) is 11.4 Å². The lowest BCUT2D eigenvalue weighted by molar-refractivity contribution is 0.579. The standard InChI is InChI=1S/C16H13F2N3/c1-9-7-11(13(18)8-12(9)17)16-20-14-6-4-3-5-10(14)15(19-2)21-16/h3-8H,1-2H3,(H,19,20,21). The second-order valence-corrected chi connectivity index (χ2v) is 4.74. The van der Waals surface area contributed by atoms with Gasteiger partial charge in [-0.3, -0.25) is 0 Å². The van der Waals surface area contributed by atoms with Crippen LogP contribution in [0.2, 0.25) is 0 Å². The molecule has 0 spiro atoms. The van der Waals surface area contributed by atoms with Crippen molar-refractivity contribution >= 4 is 16.7 Å². The van der Waals surface area contributed by atoms with E-state index in [-0.39, 0.29) is 11.4 Å². The number of para-hydroxylation sites is 1. The number of benzene rings is 2. The summed E-state index contributed by atoms with van der Waals surface area (Å²) in [7, 11) is 1.74. The second kappa shape index (κ2) is 5.09. The van der Waals surface area contributed by atoms with Crippen molar-refractivity contribution in [2.24, 2.45) is 0 Å². The molecule has 3 rings (SSSR count). The smallest absolute Gasteiger partial charge is 0.165 e. The number of nitrogens with one attached hydrogen (secondary N) is 1. The molecule has 0 atom stereocenters. The molecule has 0 fully saturated rings. The summed E-state index contributed by atoms with van der Waals surface area (Å²) in [6.45, 7) is 1.58. The van der Waals surface area contributed by atoms with Crippen LogP contribution < -0.4 is 5.32 Å². The van der Waals surface area contributed by atoms with Crippen LogP contribution in [0.25, 0.3) is 22.3 Å². The Morgan fingerprint density at radius 1 is 1.00 bits per heavy atom. The Balaban J connectivity index is 2.28. The molecule has 5 heteroatoms. The van der Waals surface area contributed by atoms with E-state index < -0.39 is 11.6 Å². The minimum Gasteiger partial charge on any atom is -0.373 e. The SMILES string of the molecule is CNc1nc(-c2cc(C)c(F)cc2F)nc2ccccc12.